The fourth-order valence-electron chi connectivity index (χ4n) is 1.67. The van der Waals surface area contributed by atoms with Gasteiger partial charge in [-0.2, -0.15) is 0 Å². The summed E-state index contributed by atoms with van der Waals surface area (Å²) in [6.07, 6.45) is 0. The largest absolute Gasteiger partial charge is 0.322 e. The lowest BCUT2D eigenvalue weighted by atomic mass is 10.1. The van der Waals surface area contributed by atoms with Crippen molar-refractivity contribution in [2.24, 2.45) is 0 Å². The number of halogens is 1. The molecule has 0 bridgehead atoms. The molecule has 5 nitrogen and oxygen atoms in total. The number of carbonyl (C=O) groups is 1. The van der Waals surface area contributed by atoms with Gasteiger partial charge in [0.15, 0.2) is 0 Å². The highest BCUT2D eigenvalue weighted by Crippen LogP contribution is 2.23. The molecule has 0 aromatic heterocycles. The summed E-state index contributed by atoms with van der Waals surface area (Å²) in [5, 5.41) is 13.8. The number of nitrogens with one attached hydrogen (secondary N) is 1. The number of carbonyl (C=O) groups excluding carboxylic acids is 1. The number of nitro groups is 1. The number of amides is 1. The van der Waals surface area contributed by atoms with Gasteiger partial charge in [-0.25, -0.2) is 0 Å². The van der Waals surface area contributed by atoms with Gasteiger partial charge < -0.3 is 5.32 Å². The topological polar surface area (TPSA) is 72.2 Å². The zero-order chi connectivity index (χ0) is 14.7. The first-order valence-electron chi connectivity index (χ1n) is 5.80. The Bertz CT molecular complexity index is 669. The predicted octanol–water partition coefficient (Wildman–Crippen LogP) is 3.81. The van der Waals surface area contributed by atoms with E-state index < -0.39 is 4.92 Å². The van der Waals surface area contributed by atoms with Gasteiger partial charge in [-0.15, -0.1) is 0 Å². The van der Waals surface area contributed by atoms with E-state index in [1.54, 1.807) is 25.1 Å². The van der Waals surface area contributed by atoms with Gasteiger partial charge in [0.1, 0.15) is 0 Å². The molecule has 0 unspecified atom stereocenters. The summed E-state index contributed by atoms with van der Waals surface area (Å²) >= 11 is 5.97. The van der Waals surface area contributed by atoms with Crippen molar-refractivity contribution in [3.05, 3.63) is 68.7 Å². The van der Waals surface area contributed by atoms with Crippen LogP contribution in [0.1, 0.15) is 15.9 Å². The summed E-state index contributed by atoms with van der Waals surface area (Å²) in [6, 6.07) is 10.6. The highest BCUT2D eigenvalue weighted by atomic mass is 35.5. The average molecular weight is 291 g/mol. The minimum Gasteiger partial charge on any atom is -0.322 e. The van der Waals surface area contributed by atoms with E-state index in [2.05, 4.69) is 5.32 Å². The number of anilines is 1. The molecule has 102 valence electrons. The number of nitro benzene ring substituents is 1. The number of hydrogen-bond acceptors (Lipinski definition) is 3. The lowest BCUT2D eigenvalue weighted by molar-refractivity contribution is -0.384. The Morgan fingerprint density at radius 3 is 2.45 bits per heavy atom. The summed E-state index contributed by atoms with van der Waals surface area (Å²) in [4.78, 5) is 22.1. The van der Waals surface area contributed by atoms with Crippen LogP contribution in [0.25, 0.3) is 0 Å². The molecule has 0 aliphatic rings. The molecule has 0 spiro atoms. The second kappa shape index (κ2) is 5.71. The maximum Gasteiger partial charge on any atom is 0.269 e. The van der Waals surface area contributed by atoms with Gasteiger partial charge >= 0.3 is 0 Å². The van der Waals surface area contributed by atoms with Crippen LogP contribution in [0.5, 0.6) is 0 Å². The third-order valence-corrected chi connectivity index (χ3v) is 3.27. The highest BCUT2D eigenvalue weighted by Gasteiger charge is 2.11. The van der Waals surface area contributed by atoms with Gasteiger partial charge in [-0.05, 0) is 36.8 Å². The van der Waals surface area contributed by atoms with E-state index in [9.17, 15) is 14.9 Å². The molecule has 2 aromatic carbocycles. The van der Waals surface area contributed by atoms with Crippen molar-refractivity contribution in [3.63, 3.8) is 0 Å². The Hall–Kier alpha value is -2.40. The minimum absolute atomic E-state index is 0.0551. The first kappa shape index (κ1) is 14.0. The predicted molar refractivity (Wildman–Crippen MR) is 77.2 cm³/mol. The zero-order valence-electron chi connectivity index (χ0n) is 10.6. The van der Waals surface area contributed by atoms with E-state index in [0.717, 1.165) is 5.56 Å². The number of nitrogens with zero attached hydrogens (tertiary/aromatic N) is 1. The third kappa shape index (κ3) is 2.95. The van der Waals surface area contributed by atoms with Crippen LogP contribution in [-0.4, -0.2) is 10.8 Å². The molecule has 0 aliphatic carbocycles. The van der Waals surface area contributed by atoms with E-state index in [0.29, 0.717) is 16.3 Å². The molecule has 0 aliphatic heterocycles. The van der Waals surface area contributed by atoms with Crippen molar-refractivity contribution in [3.8, 4) is 0 Å². The SMILES string of the molecule is Cc1c(Cl)cccc1NC(=O)c1ccc([N+](=O)[O-])cc1. The normalized spacial score (nSPS) is 10.1. The molecule has 0 saturated carbocycles. The lowest BCUT2D eigenvalue weighted by Gasteiger charge is -2.09. The standard InChI is InChI=1S/C14H11ClN2O3/c1-9-12(15)3-2-4-13(9)16-14(18)10-5-7-11(8-6-10)17(19)20/h2-8H,1H3,(H,16,18). The van der Waals surface area contributed by atoms with Crippen molar-refractivity contribution < 1.29 is 9.72 Å². The van der Waals surface area contributed by atoms with Crippen molar-refractivity contribution in [2.75, 3.05) is 5.32 Å². The number of non-ortho nitro benzene ring substituents is 1. The average Bonchev–Trinajstić information content (AvgIpc) is 2.44. The second-order valence-electron chi connectivity index (χ2n) is 4.17. The van der Waals surface area contributed by atoms with Gasteiger partial charge in [-0.3, -0.25) is 14.9 Å². The molecular weight excluding hydrogens is 280 g/mol. The fourth-order valence-corrected chi connectivity index (χ4v) is 1.85. The molecule has 20 heavy (non-hydrogen) atoms. The first-order chi connectivity index (χ1) is 9.49. The zero-order valence-corrected chi connectivity index (χ0v) is 11.3. The summed E-state index contributed by atoms with van der Waals surface area (Å²) in [7, 11) is 0. The molecule has 0 atom stereocenters. The molecule has 0 saturated heterocycles. The van der Waals surface area contributed by atoms with Crippen LogP contribution in [0.4, 0.5) is 11.4 Å². The number of benzene rings is 2. The van der Waals surface area contributed by atoms with Crippen LogP contribution in [0, 0.1) is 17.0 Å². The van der Waals surface area contributed by atoms with E-state index in [1.807, 2.05) is 0 Å². The van der Waals surface area contributed by atoms with E-state index in [4.69, 9.17) is 11.6 Å². The van der Waals surface area contributed by atoms with E-state index >= 15 is 0 Å². The van der Waals surface area contributed by atoms with Crippen LogP contribution >= 0.6 is 11.6 Å². The smallest absolute Gasteiger partial charge is 0.269 e. The quantitative estimate of drug-likeness (QED) is 0.690. The maximum atomic E-state index is 12.0. The van der Waals surface area contributed by atoms with Crippen molar-refractivity contribution >= 4 is 28.9 Å². The second-order valence-corrected chi connectivity index (χ2v) is 4.58. The molecule has 0 fully saturated rings. The van der Waals surface area contributed by atoms with Gasteiger partial charge in [0, 0.05) is 28.4 Å². The summed E-state index contributed by atoms with van der Waals surface area (Å²) in [5.74, 6) is -0.342. The molecule has 1 N–H and O–H groups in total. The van der Waals surface area contributed by atoms with Crippen molar-refractivity contribution in [1.29, 1.82) is 0 Å². The third-order valence-electron chi connectivity index (χ3n) is 2.86. The van der Waals surface area contributed by atoms with Crippen LogP contribution < -0.4 is 5.32 Å². The number of rotatable bonds is 3. The van der Waals surface area contributed by atoms with Gasteiger partial charge in [0.2, 0.25) is 0 Å². The van der Waals surface area contributed by atoms with E-state index in [-0.39, 0.29) is 11.6 Å². The van der Waals surface area contributed by atoms with Gasteiger partial charge in [0.05, 0.1) is 4.92 Å². The van der Waals surface area contributed by atoms with Crippen LogP contribution in [-0.2, 0) is 0 Å². The van der Waals surface area contributed by atoms with Crippen LogP contribution in [0.2, 0.25) is 5.02 Å². The fraction of sp³-hybridized carbons (Fsp3) is 0.0714. The van der Waals surface area contributed by atoms with E-state index in [1.165, 1.54) is 24.3 Å². The van der Waals surface area contributed by atoms with Gasteiger partial charge in [0.25, 0.3) is 11.6 Å². The molecule has 6 heteroatoms. The van der Waals surface area contributed by atoms with Gasteiger partial charge in [-0.1, -0.05) is 17.7 Å². The monoisotopic (exact) mass is 290 g/mol. The van der Waals surface area contributed by atoms with Crippen LogP contribution in [0.3, 0.4) is 0 Å². The molecule has 0 radical (unpaired) electrons. The van der Waals surface area contributed by atoms with Crippen molar-refractivity contribution in [2.45, 2.75) is 6.92 Å². The Labute approximate surface area is 120 Å². The number of hydrogen-bond donors (Lipinski definition) is 1. The highest BCUT2D eigenvalue weighted by molar-refractivity contribution is 6.31. The summed E-state index contributed by atoms with van der Waals surface area (Å²) < 4.78 is 0. The Morgan fingerprint density at radius 2 is 1.85 bits per heavy atom. The summed E-state index contributed by atoms with van der Waals surface area (Å²) in [6.45, 7) is 1.80. The molecule has 2 rings (SSSR count). The molecule has 1 amide bonds. The maximum absolute atomic E-state index is 12.0. The Morgan fingerprint density at radius 1 is 1.20 bits per heavy atom. The molecular formula is C14H11ClN2O3. The van der Waals surface area contributed by atoms with Crippen molar-refractivity contribution in [1.82, 2.24) is 0 Å². The molecule has 2 aromatic rings. The minimum atomic E-state index is -0.511. The Kier molecular flexibility index (Phi) is 4.00. The molecule has 0 heterocycles. The van der Waals surface area contributed by atoms with Crippen LogP contribution in [0.15, 0.2) is 42.5 Å². The lowest BCUT2D eigenvalue weighted by Crippen LogP contribution is -2.12. The first-order valence-corrected chi connectivity index (χ1v) is 6.18. The summed E-state index contributed by atoms with van der Waals surface area (Å²) in [5.41, 5.74) is 1.67. The Balaban J connectivity index is 2.20.